The standard InChI is InChI=1S/C20H22N2O2S/c1-2-24-17-11-5-3-9-15(17)21-19(23)13-7-8-14-20-22-16-10-4-6-12-18(16)25-20/h3-6,9-12H,2,7-8,13-14H2,1H3,(H,21,23). The highest BCUT2D eigenvalue weighted by atomic mass is 32.1. The minimum absolute atomic E-state index is 0.0245. The fourth-order valence-electron chi connectivity index (χ4n) is 2.65. The molecule has 4 nitrogen and oxygen atoms in total. The number of hydrogen-bond acceptors (Lipinski definition) is 4. The van der Waals surface area contributed by atoms with E-state index in [4.69, 9.17) is 4.74 Å². The van der Waals surface area contributed by atoms with Gasteiger partial charge in [0.15, 0.2) is 0 Å². The van der Waals surface area contributed by atoms with Gasteiger partial charge in [-0.3, -0.25) is 4.79 Å². The predicted octanol–water partition coefficient (Wildman–Crippen LogP) is 5.05. The molecule has 1 N–H and O–H groups in total. The summed E-state index contributed by atoms with van der Waals surface area (Å²) in [6.45, 7) is 2.51. The number of rotatable bonds is 8. The van der Waals surface area contributed by atoms with Crippen LogP contribution in [0, 0.1) is 0 Å². The van der Waals surface area contributed by atoms with Crippen molar-refractivity contribution in [2.75, 3.05) is 11.9 Å². The topological polar surface area (TPSA) is 51.2 Å². The van der Waals surface area contributed by atoms with Crippen LogP contribution >= 0.6 is 11.3 Å². The molecule has 0 spiro atoms. The molecule has 5 heteroatoms. The van der Waals surface area contributed by atoms with Crippen molar-refractivity contribution in [3.05, 3.63) is 53.5 Å². The molecule has 0 aliphatic rings. The molecule has 2 aromatic carbocycles. The summed E-state index contributed by atoms with van der Waals surface area (Å²) < 4.78 is 6.75. The van der Waals surface area contributed by atoms with Crippen molar-refractivity contribution in [2.45, 2.75) is 32.6 Å². The number of thiazole rings is 1. The maximum absolute atomic E-state index is 12.1. The monoisotopic (exact) mass is 354 g/mol. The van der Waals surface area contributed by atoms with Gasteiger partial charge in [0.05, 0.1) is 27.5 Å². The third kappa shape index (κ3) is 4.79. The Labute approximate surface area is 151 Å². The van der Waals surface area contributed by atoms with Crippen LogP contribution in [0.25, 0.3) is 10.2 Å². The van der Waals surface area contributed by atoms with E-state index < -0.39 is 0 Å². The van der Waals surface area contributed by atoms with Crippen molar-refractivity contribution in [3.8, 4) is 5.75 Å². The van der Waals surface area contributed by atoms with Gasteiger partial charge in [0.2, 0.25) is 5.91 Å². The summed E-state index contributed by atoms with van der Waals surface area (Å²) in [6.07, 6.45) is 3.23. The molecule has 25 heavy (non-hydrogen) atoms. The fourth-order valence-corrected chi connectivity index (χ4v) is 3.66. The predicted molar refractivity (Wildman–Crippen MR) is 103 cm³/mol. The van der Waals surface area contributed by atoms with Crippen molar-refractivity contribution in [1.29, 1.82) is 0 Å². The molecule has 0 atom stereocenters. The number of aromatic nitrogens is 1. The SMILES string of the molecule is CCOc1ccccc1NC(=O)CCCCc1nc2ccccc2s1. The Bertz CT molecular complexity index is 811. The third-order valence-corrected chi connectivity index (χ3v) is 4.94. The van der Waals surface area contributed by atoms with Crippen molar-refractivity contribution < 1.29 is 9.53 Å². The molecular formula is C20H22N2O2S. The quantitative estimate of drug-likeness (QED) is 0.576. The second-order valence-corrected chi connectivity index (χ2v) is 6.87. The summed E-state index contributed by atoms with van der Waals surface area (Å²) in [5.41, 5.74) is 1.80. The number of ether oxygens (including phenoxy) is 1. The first-order valence-electron chi connectivity index (χ1n) is 8.62. The first-order chi connectivity index (χ1) is 12.3. The van der Waals surface area contributed by atoms with E-state index in [-0.39, 0.29) is 5.91 Å². The Kier molecular flexibility index (Phi) is 6.01. The van der Waals surface area contributed by atoms with Gasteiger partial charge in [-0.1, -0.05) is 24.3 Å². The molecular weight excluding hydrogens is 332 g/mol. The first-order valence-corrected chi connectivity index (χ1v) is 9.44. The Morgan fingerprint density at radius 3 is 2.76 bits per heavy atom. The lowest BCUT2D eigenvalue weighted by Crippen LogP contribution is -2.12. The highest BCUT2D eigenvalue weighted by Crippen LogP contribution is 2.25. The molecule has 130 valence electrons. The molecule has 3 aromatic rings. The maximum atomic E-state index is 12.1. The maximum Gasteiger partial charge on any atom is 0.224 e. The number of unbranched alkanes of at least 4 members (excludes halogenated alkanes) is 1. The van der Waals surface area contributed by atoms with E-state index in [0.29, 0.717) is 18.8 Å². The summed E-state index contributed by atoms with van der Waals surface area (Å²) in [5.74, 6) is 0.740. The van der Waals surface area contributed by atoms with E-state index in [1.807, 2.05) is 49.4 Å². The summed E-state index contributed by atoms with van der Waals surface area (Å²) in [5, 5.41) is 4.08. The highest BCUT2D eigenvalue weighted by molar-refractivity contribution is 7.18. The lowest BCUT2D eigenvalue weighted by Gasteiger charge is -2.11. The van der Waals surface area contributed by atoms with Crippen LogP contribution in [0.4, 0.5) is 5.69 Å². The van der Waals surface area contributed by atoms with Crippen LogP contribution in [-0.2, 0) is 11.2 Å². The Hall–Kier alpha value is -2.40. The van der Waals surface area contributed by atoms with Gasteiger partial charge in [0.1, 0.15) is 5.75 Å². The zero-order valence-electron chi connectivity index (χ0n) is 14.3. The Morgan fingerprint density at radius 1 is 1.12 bits per heavy atom. The molecule has 0 radical (unpaired) electrons. The van der Waals surface area contributed by atoms with Gasteiger partial charge in [-0.2, -0.15) is 0 Å². The molecule has 0 saturated heterocycles. The van der Waals surface area contributed by atoms with E-state index in [1.165, 1.54) is 4.70 Å². The largest absolute Gasteiger partial charge is 0.492 e. The fraction of sp³-hybridized carbons (Fsp3) is 0.300. The number of fused-ring (bicyclic) bond motifs is 1. The first kappa shape index (κ1) is 17.4. The average molecular weight is 354 g/mol. The summed E-state index contributed by atoms with van der Waals surface area (Å²) >= 11 is 1.74. The second kappa shape index (κ2) is 8.62. The smallest absolute Gasteiger partial charge is 0.224 e. The summed E-state index contributed by atoms with van der Waals surface area (Å²) in [7, 11) is 0. The van der Waals surface area contributed by atoms with Crippen LogP contribution in [0.2, 0.25) is 0 Å². The molecule has 0 aliphatic carbocycles. The number of hydrogen-bond donors (Lipinski definition) is 1. The molecule has 3 rings (SSSR count). The Balaban J connectivity index is 1.45. The van der Waals surface area contributed by atoms with E-state index in [1.54, 1.807) is 11.3 Å². The average Bonchev–Trinajstić information content (AvgIpc) is 3.03. The van der Waals surface area contributed by atoms with Crippen LogP contribution in [-0.4, -0.2) is 17.5 Å². The van der Waals surface area contributed by atoms with Gasteiger partial charge >= 0.3 is 0 Å². The van der Waals surface area contributed by atoms with Crippen LogP contribution in [0.5, 0.6) is 5.75 Å². The van der Waals surface area contributed by atoms with Crippen LogP contribution in [0.3, 0.4) is 0 Å². The summed E-state index contributed by atoms with van der Waals surface area (Å²) in [6, 6.07) is 15.7. The van der Waals surface area contributed by atoms with E-state index in [0.717, 1.165) is 35.5 Å². The molecule has 0 saturated carbocycles. The number of carbonyl (C=O) groups is 1. The zero-order valence-corrected chi connectivity index (χ0v) is 15.1. The number of aryl methyl sites for hydroxylation is 1. The molecule has 1 amide bonds. The molecule has 0 aliphatic heterocycles. The number of nitrogens with one attached hydrogen (secondary N) is 1. The third-order valence-electron chi connectivity index (χ3n) is 3.84. The number of anilines is 1. The van der Waals surface area contributed by atoms with Crippen molar-refractivity contribution >= 4 is 33.1 Å². The molecule has 0 bridgehead atoms. The molecule has 1 aromatic heterocycles. The van der Waals surface area contributed by atoms with Crippen molar-refractivity contribution in [2.24, 2.45) is 0 Å². The lowest BCUT2D eigenvalue weighted by molar-refractivity contribution is -0.116. The van der Waals surface area contributed by atoms with Crippen LogP contribution in [0.15, 0.2) is 48.5 Å². The number of carbonyl (C=O) groups excluding carboxylic acids is 1. The van der Waals surface area contributed by atoms with E-state index in [9.17, 15) is 4.79 Å². The number of nitrogens with zero attached hydrogens (tertiary/aromatic N) is 1. The minimum atomic E-state index is 0.0245. The highest BCUT2D eigenvalue weighted by Gasteiger charge is 2.08. The van der Waals surface area contributed by atoms with Gasteiger partial charge in [-0.15, -0.1) is 11.3 Å². The number of amides is 1. The summed E-state index contributed by atoms with van der Waals surface area (Å²) in [4.78, 5) is 16.8. The second-order valence-electron chi connectivity index (χ2n) is 5.76. The van der Waals surface area contributed by atoms with Crippen LogP contribution < -0.4 is 10.1 Å². The minimum Gasteiger partial charge on any atom is -0.492 e. The van der Waals surface area contributed by atoms with Crippen molar-refractivity contribution in [1.82, 2.24) is 4.98 Å². The van der Waals surface area contributed by atoms with Gasteiger partial charge in [0, 0.05) is 6.42 Å². The normalized spacial score (nSPS) is 10.8. The molecule has 1 heterocycles. The van der Waals surface area contributed by atoms with E-state index in [2.05, 4.69) is 16.4 Å². The zero-order chi connectivity index (χ0) is 17.5. The molecule has 0 fully saturated rings. The van der Waals surface area contributed by atoms with Crippen LogP contribution in [0.1, 0.15) is 31.2 Å². The van der Waals surface area contributed by atoms with Gasteiger partial charge in [0.25, 0.3) is 0 Å². The molecule has 0 unspecified atom stereocenters. The van der Waals surface area contributed by atoms with Gasteiger partial charge in [-0.25, -0.2) is 4.98 Å². The van der Waals surface area contributed by atoms with Crippen molar-refractivity contribution in [3.63, 3.8) is 0 Å². The van der Waals surface area contributed by atoms with Gasteiger partial charge in [-0.05, 0) is 50.5 Å². The number of para-hydroxylation sites is 3. The Morgan fingerprint density at radius 2 is 1.92 bits per heavy atom. The van der Waals surface area contributed by atoms with Gasteiger partial charge < -0.3 is 10.1 Å². The van der Waals surface area contributed by atoms with E-state index >= 15 is 0 Å². The number of benzene rings is 2. The lowest BCUT2D eigenvalue weighted by atomic mass is 10.2.